The molecule has 102 valence electrons. The maximum Gasteiger partial charge on any atom is 0.244 e. The predicted molar refractivity (Wildman–Crippen MR) is 73.8 cm³/mol. The van der Waals surface area contributed by atoms with Gasteiger partial charge in [0, 0.05) is 10.0 Å². The Morgan fingerprint density at radius 1 is 1.47 bits per heavy atom. The molecular formula is C13H15BrFN3O. The first-order valence-corrected chi connectivity index (χ1v) is 6.86. The van der Waals surface area contributed by atoms with Crippen molar-refractivity contribution in [2.75, 3.05) is 0 Å². The Kier molecular flexibility index (Phi) is 4.31. The van der Waals surface area contributed by atoms with Gasteiger partial charge >= 0.3 is 0 Å². The van der Waals surface area contributed by atoms with E-state index in [0.29, 0.717) is 21.8 Å². The molecular weight excluding hydrogens is 313 g/mol. The molecule has 1 aromatic heterocycles. The second-order valence-electron chi connectivity index (χ2n) is 4.49. The van der Waals surface area contributed by atoms with Crippen molar-refractivity contribution in [3.05, 3.63) is 34.4 Å². The van der Waals surface area contributed by atoms with Crippen LogP contribution in [0.2, 0.25) is 0 Å². The van der Waals surface area contributed by atoms with Crippen LogP contribution in [0, 0.1) is 11.7 Å². The highest BCUT2D eigenvalue weighted by Crippen LogP contribution is 2.28. The molecule has 0 radical (unpaired) electrons. The molecule has 0 saturated heterocycles. The van der Waals surface area contributed by atoms with Crippen LogP contribution in [0.5, 0.6) is 0 Å². The molecule has 1 heterocycles. The molecule has 0 amide bonds. The normalized spacial score (nSPS) is 14.4. The molecule has 2 rings (SSSR count). The summed E-state index contributed by atoms with van der Waals surface area (Å²) >= 11 is 3.34. The van der Waals surface area contributed by atoms with Crippen LogP contribution in [0.15, 0.2) is 27.2 Å². The Hall–Kier alpha value is -1.27. The van der Waals surface area contributed by atoms with Gasteiger partial charge in [-0.25, -0.2) is 4.39 Å². The van der Waals surface area contributed by atoms with E-state index in [4.69, 9.17) is 10.3 Å². The van der Waals surface area contributed by atoms with Gasteiger partial charge in [0.15, 0.2) is 0 Å². The molecule has 0 aliphatic heterocycles. The number of rotatable bonds is 4. The highest BCUT2D eigenvalue weighted by molar-refractivity contribution is 9.10. The summed E-state index contributed by atoms with van der Waals surface area (Å²) in [6, 6.07) is 4.01. The SMILES string of the molecule is CCC(C)C(N)c1nc(-c2cc(F)ccc2Br)no1. The number of nitrogens with two attached hydrogens (primary N) is 1. The summed E-state index contributed by atoms with van der Waals surface area (Å²) < 4.78 is 19.1. The minimum absolute atomic E-state index is 0.240. The van der Waals surface area contributed by atoms with Crippen LogP contribution in [-0.2, 0) is 0 Å². The van der Waals surface area contributed by atoms with E-state index in [1.54, 1.807) is 6.07 Å². The van der Waals surface area contributed by atoms with Gasteiger partial charge in [0.1, 0.15) is 5.82 Å². The second kappa shape index (κ2) is 5.79. The van der Waals surface area contributed by atoms with Gasteiger partial charge < -0.3 is 10.3 Å². The monoisotopic (exact) mass is 327 g/mol. The van der Waals surface area contributed by atoms with Crippen LogP contribution in [0.25, 0.3) is 11.4 Å². The first kappa shape index (κ1) is 14.1. The molecule has 6 heteroatoms. The third-order valence-electron chi connectivity index (χ3n) is 3.15. The lowest BCUT2D eigenvalue weighted by molar-refractivity contribution is 0.312. The van der Waals surface area contributed by atoms with Crippen molar-refractivity contribution in [1.82, 2.24) is 10.1 Å². The zero-order valence-corrected chi connectivity index (χ0v) is 12.3. The van der Waals surface area contributed by atoms with Crippen LogP contribution < -0.4 is 5.73 Å². The summed E-state index contributed by atoms with van der Waals surface area (Å²) in [6.07, 6.45) is 0.919. The van der Waals surface area contributed by atoms with Gasteiger partial charge in [-0.15, -0.1) is 0 Å². The lowest BCUT2D eigenvalue weighted by atomic mass is 10.0. The van der Waals surface area contributed by atoms with E-state index in [0.717, 1.165) is 6.42 Å². The van der Waals surface area contributed by atoms with Gasteiger partial charge in [0.2, 0.25) is 11.7 Å². The van der Waals surface area contributed by atoms with E-state index < -0.39 is 0 Å². The van der Waals surface area contributed by atoms with Crippen molar-refractivity contribution >= 4 is 15.9 Å². The van der Waals surface area contributed by atoms with E-state index >= 15 is 0 Å². The largest absolute Gasteiger partial charge is 0.337 e. The second-order valence-corrected chi connectivity index (χ2v) is 5.35. The summed E-state index contributed by atoms with van der Waals surface area (Å²) in [5.41, 5.74) is 6.57. The van der Waals surface area contributed by atoms with Crippen molar-refractivity contribution in [3.8, 4) is 11.4 Å². The lowest BCUT2D eigenvalue weighted by Crippen LogP contribution is -2.18. The Bertz CT molecular complexity index is 573. The van der Waals surface area contributed by atoms with E-state index in [1.807, 2.05) is 13.8 Å². The minimum atomic E-state index is -0.351. The molecule has 4 nitrogen and oxygen atoms in total. The molecule has 2 atom stereocenters. The van der Waals surface area contributed by atoms with Crippen LogP contribution in [0.4, 0.5) is 4.39 Å². The quantitative estimate of drug-likeness (QED) is 0.930. The van der Waals surface area contributed by atoms with Gasteiger partial charge in [0.05, 0.1) is 6.04 Å². The standard InChI is InChI=1S/C13H15BrFN3O/c1-3-7(2)11(16)13-17-12(18-19-13)9-6-8(15)4-5-10(9)14/h4-7,11H,3,16H2,1-2H3. The maximum absolute atomic E-state index is 13.2. The highest BCUT2D eigenvalue weighted by atomic mass is 79.9. The first-order chi connectivity index (χ1) is 9.02. The molecule has 0 spiro atoms. The molecule has 19 heavy (non-hydrogen) atoms. The summed E-state index contributed by atoms with van der Waals surface area (Å²) in [6.45, 7) is 4.07. The Morgan fingerprint density at radius 2 is 2.21 bits per heavy atom. The fourth-order valence-electron chi connectivity index (χ4n) is 1.65. The van der Waals surface area contributed by atoms with Crippen LogP contribution in [0.3, 0.4) is 0 Å². The van der Waals surface area contributed by atoms with Crippen LogP contribution in [0.1, 0.15) is 32.2 Å². The number of halogens is 2. The zero-order valence-electron chi connectivity index (χ0n) is 10.7. The molecule has 2 aromatic rings. The van der Waals surface area contributed by atoms with E-state index in [2.05, 4.69) is 26.1 Å². The summed E-state index contributed by atoms with van der Waals surface area (Å²) in [7, 11) is 0. The molecule has 0 saturated carbocycles. The third kappa shape index (κ3) is 3.01. The number of benzene rings is 1. The van der Waals surface area contributed by atoms with Crippen molar-refractivity contribution in [3.63, 3.8) is 0 Å². The number of aromatic nitrogens is 2. The van der Waals surface area contributed by atoms with Crippen molar-refractivity contribution in [2.45, 2.75) is 26.3 Å². The maximum atomic E-state index is 13.2. The fraction of sp³-hybridized carbons (Fsp3) is 0.385. The smallest absolute Gasteiger partial charge is 0.244 e. The first-order valence-electron chi connectivity index (χ1n) is 6.07. The van der Waals surface area contributed by atoms with Crippen molar-refractivity contribution in [2.24, 2.45) is 11.7 Å². The molecule has 2 N–H and O–H groups in total. The summed E-state index contributed by atoms with van der Waals surface area (Å²) in [5.74, 6) is 0.598. The molecule has 0 fully saturated rings. The van der Waals surface area contributed by atoms with E-state index in [9.17, 15) is 4.39 Å². The number of hydrogen-bond donors (Lipinski definition) is 1. The Morgan fingerprint density at radius 3 is 2.89 bits per heavy atom. The van der Waals surface area contributed by atoms with Gasteiger partial charge in [-0.05, 0) is 24.1 Å². The highest BCUT2D eigenvalue weighted by Gasteiger charge is 2.21. The lowest BCUT2D eigenvalue weighted by Gasteiger charge is -2.12. The van der Waals surface area contributed by atoms with E-state index in [-0.39, 0.29) is 17.8 Å². The van der Waals surface area contributed by atoms with Crippen molar-refractivity contribution in [1.29, 1.82) is 0 Å². The van der Waals surface area contributed by atoms with E-state index in [1.165, 1.54) is 12.1 Å². The average Bonchev–Trinajstić information content (AvgIpc) is 2.89. The molecule has 0 aliphatic carbocycles. The topological polar surface area (TPSA) is 64.9 Å². The minimum Gasteiger partial charge on any atom is -0.337 e. The predicted octanol–water partition coefficient (Wildman–Crippen LogP) is 3.68. The van der Waals surface area contributed by atoms with Gasteiger partial charge in [0.25, 0.3) is 0 Å². The van der Waals surface area contributed by atoms with Crippen LogP contribution >= 0.6 is 15.9 Å². The molecule has 0 aliphatic rings. The Balaban J connectivity index is 2.33. The summed E-state index contributed by atoms with van der Waals surface area (Å²) in [4.78, 5) is 4.25. The molecule has 0 bridgehead atoms. The van der Waals surface area contributed by atoms with Gasteiger partial charge in [-0.3, -0.25) is 0 Å². The van der Waals surface area contributed by atoms with Crippen molar-refractivity contribution < 1.29 is 8.91 Å². The fourth-order valence-corrected chi connectivity index (χ4v) is 2.07. The van der Waals surface area contributed by atoms with Gasteiger partial charge in [-0.1, -0.05) is 41.4 Å². The number of hydrogen-bond acceptors (Lipinski definition) is 4. The van der Waals surface area contributed by atoms with Gasteiger partial charge in [-0.2, -0.15) is 4.98 Å². The van der Waals surface area contributed by atoms with Crippen LogP contribution in [-0.4, -0.2) is 10.1 Å². The third-order valence-corrected chi connectivity index (χ3v) is 3.84. The summed E-state index contributed by atoms with van der Waals surface area (Å²) in [5, 5.41) is 3.86. The average molecular weight is 328 g/mol. The number of nitrogens with zero attached hydrogens (tertiary/aromatic N) is 2. The Labute approximate surface area is 119 Å². The zero-order chi connectivity index (χ0) is 14.0. The molecule has 1 aromatic carbocycles. The molecule has 2 unspecified atom stereocenters.